The van der Waals surface area contributed by atoms with Gasteiger partial charge in [0.25, 0.3) is 0 Å². The molecule has 0 saturated heterocycles. The summed E-state index contributed by atoms with van der Waals surface area (Å²) >= 11 is 0. The molecule has 2 aromatic heterocycles. The van der Waals surface area contributed by atoms with Gasteiger partial charge in [0, 0.05) is 38.7 Å². The first-order chi connectivity index (χ1) is 40.7. The van der Waals surface area contributed by atoms with E-state index in [1.165, 1.54) is 66.8 Å². The van der Waals surface area contributed by atoms with E-state index in [0.29, 0.717) is 0 Å². The van der Waals surface area contributed by atoms with Crippen LogP contribution >= 0.6 is 0 Å². The highest BCUT2D eigenvalue weighted by Crippen LogP contribution is 2.62. The fourth-order valence-corrected chi connectivity index (χ4v) is 14.3. The summed E-state index contributed by atoms with van der Waals surface area (Å²) in [5, 5.41) is 8.11. The molecule has 0 spiro atoms. The van der Waals surface area contributed by atoms with Crippen LogP contribution in [0.1, 0.15) is 44.5 Å². The summed E-state index contributed by atoms with van der Waals surface area (Å²) in [6.45, 7) is 0. The van der Waals surface area contributed by atoms with Crippen LogP contribution in [-0.2, 0) is 10.8 Å². The predicted molar refractivity (Wildman–Crippen MR) is 338 cm³/mol. The summed E-state index contributed by atoms with van der Waals surface area (Å²) in [5.41, 5.74) is 23.8. The Bertz CT molecular complexity index is 4630. The van der Waals surface area contributed by atoms with Gasteiger partial charge in [-0.2, -0.15) is 5.10 Å². The number of anilines is 3. The average Bonchev–Trinajstić information content (AvgIpc) is 4.28. The zero-order valence-electron chi connectivity index (χ0n) is 44.9. The van der Waals surface area contributed by atoms with E-state index in [-0.39, 0.29) is 0 Å². The maximum absolute atomic E-state index is 5.90. The molecule has 14 aromatic rings. The maximum atomic E-state index is 5.90. The number of pyridine rings is 1. The Balaban J connectivity index is 1.10. The van der Waals surface area contributed by atoms with Crippen LogP contribution in [0, 0.1) is 0 Å². The van der Waals surface area contributed by atoms with Gasteiger partial charge in [-0.05, 0) is 85.0 Å². The maximum Gasteiger partial charge on any atom is 0.101 e. The molecule has 0 N–H and O–H groups in total. The first-order valence-electron chi connectivity index (χ1n) is 28.4. The minimum atomic E-state index is -0.650. The van der Waals surface area contributed by atoms with Crippen molar-refractivity contribution in [2.45, 2.75) is 10.8 Å². The van der Waals surface area contributed by atoms with Gasteiger partial charge in [0.2, 0.25) is 0 Å². The molecule has 2 aliphatic rings. The van der Waals surface area contributed by atoms with Crippen LogP contribution in [0.3, 0.4) is 0 Å². The second-order valence-corrected chi connectivity index (χ2v) is 21.6. The number of rotatable bonds is 10. The topological polar surface area (TPSA) is 20.5 Å². The Hall–Kier alpha value is -10.6. The van der Waals surface area contributed by atoms with E-state index in [1.807, 2.05) is 0 Å². The van der Waals surface area contributed by atoms with Gasteiger partial charge in [0.15, 0.2) is 0 Å². The Morgan fingerprint density at radius 3 is 1.30 bits per heavy atom. The zero-order chi connectivity index (χ0) is 54.2. The molecule has 82 heavy (non-hydrogen) atoms. The Morgan fingerprint density at radius 1 is 0.305 bits per heavy atom. The largest absolute Gasteiger partial charge is 0.307 e. The molecular weight excluding hydrogens is 991 g/mol. The predicted octanol–water partition coefficient (Wildman–Crippen LogP) is 19.7. The van der Waals surface area contributed by atoms with Crippen molar-refractivity contribution in [2.75, 3.05) is 4.90 Å². The van der Waals surface area contributed by atoms with Gasteiger partial charge >= 0.3 is 0 Å². The van der Waals surface area contributed by atoms with Gasteiger partial charge < -0.3 is 4.90 Å². The number of hydrogen-bond acceptors (Lipinski definition) is 2. The molecule has 2 aliphatic carbocycles. The summed E-state index contributed by atoms with van der Waals surface area (Å²) in [4.78, 5) is 2.61. The highest BCUT2D eigenvalue weighted by Gasteiger charge is 2.49. The van der Waals surface area contributed by atoms with Crippen LogP contribution in [0.4, 0.5) is 17.1 Å². The second-order valence-electron chi connectivity index (χ2n) is 21.6. The molecule has 0 unspecified atom stereocenters. The van der Waals surface area contributed by atoms with E-state index < -0.39 is 10.8 Å². The lowest BCUT2D eigenvalue weighted by Gasteiger charge is -2.36. The smallest absolute Gasteiger partial charge is 0.101 e. The lowest BCUT2D eigenvalue weighted by atomic mass is 9.67. The average molecular weight is 1040 g/mol. The molecule has 0 amide bonds. The van der Waals surface area contributed by atoms with Gasteiger partial charge in [-0.25, -0.2) is 4.52 Å². The van der Waals surface area contributed by atoms with E-state index in [2.05, 4.69) is 331 Å². The Kier molecular flexibility index (Phi) is 11.0. The third-order valence-electron chi connectivity index (χ3n) is 17.5. The van der Waals surface area contributed by atoms with Crippen LogP contribution in [0.25, 0.3) is 72.2 Å². The van der Waals surface area contributed by atoms with E-state index in [0.717, 1.165) is 67.0 Å². The van der Waals surface area contributed by atoms with Crippen molar-refractivity contribution in [2.24, 2.45) is 0 Å². The molecule has 2 heterocycles. The van der Waals surface area contributed by atoms with Crippen molar-refractivity contribution in [1.29, 1.82) is 0 Å². The summed E-state index contributed by atoms with van der Waals surface area (Å²) in [5.74, 6) is 0. The highest BCUT2D eigenvalue weighted by atomic mass is 15.3. The fraction of sp³-hybridized carbons (Fsp3) is 0.0253. The van der Waals surface area contributed by atoms with Crippen LogP contribution < -0.4 is 4.90 Å². The minimum Gasteiger partial charge on any atom is -0.307 e. The number of fused-ring (bicyclic) bond motifs is 9. The first kappa shape index (κ1) is 47.4. The van der Waals surface area contributed by atoms with Gasteiger partial charge in [-0.15, -0.1) is 0 Å². The lowest BCUT2D eigenvalue weighted by molar-refractivity contribution is 0.768. The van der Waals surface area contributed by atoms with E-state index >= 15 is 0 Å². The van der Waals surface area contributed by atoms with Gasteiger partial charge in [-0.3, -0.25) is 0 Å². The van der Waals surface area contributed by atoms with Gasteiger partial charge in [0.05, 0.1) is 33.4 Å². The molecule has 0 atom stereocenters. The molecule has 0 bridgehead atoms. The third-order valence-corrected chi connectivity index (χ3v) is 17.5. The van der Waals surface area contributed by atoms with Crippen molar-refractivity contribution in [3.8, 4) is 55.9 Å². The molecule has 0 aliphatic heterocycles. The number of benzene rings is 12. The zero-order valence-corrected chi connectivity index (χ0v) is 44.9. The van der Waals surface area contributed by atoms with Crippen LogP contribution in [0.2, 0.25) is 0 Å². The van der Waals surface area contributed by atoms with Crippen molar-refractivity contribution < 1.29 is 0 Å². The molecule has 384 valence electrons. The van der Waals surface area contributed by atoms with Crippen molar-refractivity contribution in [1.82, 2.24) is 9.61 Å². The monoisotopic (exact) mass is 1040 g/mol. The quantitative estimate of drug-likeness (QED) is 0.136. The van der Waals surface area contributed by atoms with Crippen molar-refractivity contribution in [3.63, 3.8) is 0 Å². The van der Waals surface area contributed by atoms with Crippen LogP contribution in [-0.4, -0.2) is 9.61 Å². The van der Waals surface area contributed by atoms with Gasteiger partial charge in [0.1, 0.15) is 5.69 Å². The van der Waals surface area contributed by atoms with Crippen molar-refractivity contribution >= 4 is 33.4 Å². The summed E-state index contributed by atoms with van der Waals surface area (Å²) in [7, 11) is 0. The molecule has 0 saturated carbocycles. The van der Waals surface area contributed by atoms with Crippen molar-refractivity contribution in [3.05, 3.63) is 366 Å². The minimum absolute atomic E-state index is 0.642. The molecule has 0 radical (unpaired) electrons. The standard InChI is InChI=1S/C79H53N3/c1-8-29-54(30-9-1)72-74(55-31-10-2-11-32-55)80-82-75(56-33-12-3-13-34-56)77(65-45-23-22-44-64(65)76(72)82)81(61-51-52-63-62-43-24-26-47-67(62)79(70(63)53-61,59-39-18-6-19-40-59)60-41-20-7-21-42-60)71-50-28-49-69-73(71)66-46-25-27-48-68(66)78(69,57-35-14-4-15-36-57)58-37-16-5-17-38-58/h1-53H. The van der Waals surface area contributed by atoms with E-state index in [1.54, 1.807) is 0 Å². The highest BCUT2D eigenvalue weighted by molar-refractivity contribution is 6.17. The summed E-state index contributed by atoms with van der Waals surface area (Å²) in [6.07, 6.45) is 0. The van der Waals surface area contributed by atoms with E-state index in [4.69, 9.17) is 5.10 Å². The van der Waals surface area contributed by atoms with Gasteiger partial charge in [-0.1, -0.05) is 303 Å². The second kappa shape index (κ2) is 19.0. The Labute approximate surface area is 478 Å². The molecule has 3 heteroatoms. The summed E-state index contributed by atoms with van der Waals surface area (Å²) < 4.78 is 2.28. The van der Waals surface area contributed by atoms with E-state index in [9.17, 15) is 0 Å². The number of aromatic nitrogens is 2. The normalized spacial score (nSPS) is 13.3. The third kappa shape index (κ3) is 6.87. The molecule has 3 nitrogen and oxygen atoms in total. The SMILES string of the molecule is c1ccc(-c2nn3c(-c4ccccc4)c(N(c4ccc5c(c4)C(c4ccccc4)(c4ccccc4)c4ccccc4-5)c4cccc5c4-c4ccccc4C5(c4ccccc4)c4ccccc4)c4ccccc4c3c2-c2ccccc2)cc1. The van der Waals surface area contributed by atoms with Crippen LogP contribution in [0.15, 0.2) is 322 Å². The first-order valence-corrected chi connectivity index (χ1v) is 28.4. The summed E-state index contributed by atoms with van der Waals surface area (Å²) in [6, 6.07) is 119. The number of nitrogens with zero attached hydrogens (tertiary/aromatic N) is 3. The molecule has 12 aromatic carbocycles. The Morgan fingerprint density at radius 2 is 0.732 bits per heavy atom. The molecule has 16 rings (SSSR count). The lowest BCUT2D eigenvalue weighted by Crippen LogP contribution is -2.29. The fourth-order valence-electron chi connectivity index (χ4n) is 14.3. The number of hydrogen-bond donors (Lipinski definition) is 0. The molecule has 0 fully saturated rings. The van der Waals surface area contributed by atoms with Crippen LogP contribution in [0.5, 0.6) is 0 Å². The molecular formula is C79H53N3.